The van der Waals surface area contributed by atoms with Crippen LogP contribution in [0.15, 0.2) is 23.4 Å². The van der Waals surface area contributed by atoms with E-state index in [9.17, 15) is 19.3 Å². The van der Waals surface area contributed by atoms with E-state index in [4.69, 9.17) is 18.9 Å². The molecule has 2 amide bonds. The van der Waals surface area contributed by atoms with E-state index in [2.05, 4.69) is 26.1 Å². The number of hydrogen-bond donors (Lipinski definition) is 3. The van der Waals surface area contributed by atoms with Crippen LogP contribution in [0.5, 0.6) is 0 Å². The summed E-state index contributed by atoms with van der Waals surface area (Å²) in [4.78, 5) is 51.0. The molecule has 0 spiro atoms. The first-order valence-electron chi connectivity index (χ1n) is 12.7. The summed E-state index contributed by atoms with van der Waals surface area (Å²) in [7, 11) is 0. The monoisotopic (exact) mass is 579 g/mol. The second kappa shape index (κ2) is 16.6. The molecule has 40 heavy (non-hydrogen) atoms. The number of carbonyl (C=O) groups excluding carboxylic acids is 3. The van der Waals surface area contributed by atoms with Gasteiger partial charge in [0.15, 0.2) is 10.1 Å². The quantitative estimate of drug-likeness (QED) is 0.140. The van der Waals surface area contributed by atoms with Crippen molar-refractivity contribution in [3.05, 3.63) is 34.4 Å². The van der Waals surface area contributed by atoms with Crippen LogP contribution in [0.3, 0.4) is 0 Å². The van der Waals surface area contributed by atoms with Gasteiger partial charge in [0, 0.05) is 19.2 Å². The number of nitroso groups, excluding NO2 is 1. The van der Waals surface area contributed by atoms with Crippen LogP contribution in [-0.2, 0) is 28.5 Å². The van der Waals surface area contributed by atoms with Gasteiger partial charge in [-0.05, 0) is 51.1 Å². The summed E-state index contributed by atoms with van der Waals surface area (Å²) in [6, 6.07) is 4.93. The maximum atomic E-state index is 12.8. The van der Waals surface area contributed by atoms with E-state index < -0.39 is 11.5 Å². The van der Waals surface area contributed by atoms with Crippen LogP contribution in [-0.4, -0.2) is 74.6 Å². The summed E-state index contributed by atoms with van der Waals surface area (Å²) in [5.41, 5.74) is 1.16. The first-order chi connectivity index (χ1) is 19.0. The molecule has 0 bridgehead atoms. The SMILES string of the molecule is CC(=O)Nc1cc(NCCOCCOCCOCCC(=O)OC(C)(C)C)ccc1C(=O)Nc1nc(C)c(N=O)s1. The molecule has 0 fully saturated rings. The minimum atomic E-state index is -0.501. The van der Waals surface area contributed by atoms with Crippen molar-refractivity contribution in [1.82, 2.24) is 4.98 Å². The lowest BCUT2D eigenvalue weighted by Gasteiger charge is -2.19. The molecule has 0 atom stereocenters. The largest absolute Gasteiger partial charge is 0.460 e. The van der Waals surface area contributed by atoms with Gasteiger partial charge in [-0.2, -0.15) is 0 Å². The minimum Gasteiger partial charge on any atom is -0.460 e. The molecular formula is C26H37N5O8S. The predicted octanol–water partition coefficient (Wildman–Crippen LogP) is 4.25. The highest BCUT2D eigenvalue weighted by molar-refractivity contribution is 7.19. The topological polar surface area (TPSA) is 167 Å². The number of ether oxygens (including phenoxy) is 4. The average molecular weight is 580 g/mol. The lowest BCUT2D eigenvalue weighted by atomic mass is 10.1. The number of thiazole rings is 1. The lowest BCUT2D eigenvalue weighted by molar-refractivity contribution is -0.156. The molecule has 1 aromatic carbocycles. The Morgan fingerprint density at radius 1 is 0.975 bits per heavy atom. The number of anilines is 3. The Morgan fingerprint density at radius 3 is 2.23 bits per heavy atom. The van der Waals surface area contributed by atoms with Gasteiger partial charge in [0.25, 0.3) is 5.91 Å². The normalized spacial score (nSPS) is 11.1. The highest BCUT2D eigenvalue weighted by Crippen LogP contribution is 2.31. The molecule has 0 aliphatic heterocycles. The van der Waals surface area contributed by atoms with Gasteiger partial charge in [0.1, 0.15) is 5.60 Å². The number of nitrogens with one attached hydrogen (secondary N) is 3. The fourth-order valence-corrected chi connectivity index (χ4v) is 3.93. The summed E-state index contributed by atoms with van der Waals surface area (Å²) in [6.07, 6.45) is 0.198. The zero-order valence-corrected chi connectivity index (χ0v) is 24.3. The van der Waals surface area contributed by atoms with E-state index >= 15 is 0 Å². The molecular weight excluding hydrogens is 542 g/mol. The Bertz CT molecular complexity index is 1150. The van der Waals surface area contributed by atoms with Gasteiger partial charge >= 0.3 is 5.97 Å². The molecule has 220 valence electrons. The predicted molar refractivity (Wildman–Crippen MR) is 152 cm³/mol. The Balaban J connectivity index is 1.67. The van der Waals surface area contributed by atoms with Crippen molar-refractivity contribution in [3.63, 3.8) is 0 Å². The van der Waals surface area contributed by atoms with Crippen molar-refractivity contribution < 1.29 is 33.3 Å². The number of esters is 1. The Hall–Kier alpha value is -3.46. The van der Waals surface area contributed by atoms with Gasteiger partial charge in [-0.15, -0.1) is 4.91 Å². The van der Waals surface area contributed by atoms with E-state index in [1.165, 1.54) is 6.92 Å². The van der Waals surface area contributed by atoms with Crippen LogP contribution in [0.1, 0.15) is 50.2 Å². The summed E-state index contributed by atoms with van der Waals surface area (Å²) in [5.74, 6) is -1.11. The zero-order chi connectivity index (χ0) is 29.5. The van der Waals surface area contributed by atoms with Crippen LogP contribution in [0.2, 0.25) is 0 Å². The van der Waals surface area contributed by atoms with Gasteiger partial charge in [-0.3, -0.25) is 19.7 Å². The number of carbonyl (C=O) groups is 3. The number of hydrogen-bond acceptors (Lipinski definition) is 12. The second-order valence-corrected chi connectivity index (χ2v) is 10.5. The number of aromatic nitrogens is 1. The number of aryl methyl sites for hydroxylation is 1. The third-order valence-electron chi connectivity index (χ3n) is 4.84. The summed E-state index contributed by atoms with van der Waals surface area (Å²) >= 11 is 0.966. The van der Waals surface area contributed by atoms with Gasteiger partial charge in [-0.25, -0.2) is 4.98 Å². The molecule has 0 radical (unpaired) electrons. The molecule has 2 aromatic rings. The molecule has 3 N–H and O–H groups in total. The molecule has 1 heterocycles. The van der Waals surface area contributed by atoms with Crippen molar-refractivity contribution in [2.75, 3.05) is 62.1 Å². The number of rotatable bonds is 17. The fourth-order valence-electron chi connectivity index (χ4n) is 3.19. The molecule has 0 unspecified atom stereocenters. The number of amides is 2. The first-order valence-corrected chi connectivity index (χ1v) is 13.5. The highest BCUT2D eigenvalue weighted by atomic mass is 32.1. The highest BCUT2D eigenvalue weighted by Gasteiger charge is 2.17. The van der Waals surface area contributed by atoms with Gasteiger partial charge in [0.05, 0.1) is 63.0 Å². The second-order valence-electron chi connectivity index (χ2n) is 9.50. The summed E-state index contributed by atoms with van der Waals surface area (Å²) in [6.45, 7) is 11.1. The maximum Gasteiger partial charge on any atom is 0.308 e. The smallest absolute Gasteiger partial charge is 0.308 e. The average Bonchev–Trinajstić information content (AvgIpc) is 3.22. The van der Waals surface area contributed by atoms with Crippen molar-refractivity contribution in [2.45, 2.75) is 46.6 Å². The molecule has 0 saturated carbocycles. The van der Waals surface area contributed by atoms with E-state index in [0.29, 0.717) is 56.6 Å². The van der Waals surface area contributed by atoms with Gasteiger partial charge in [0.2, 0.25) is 5.91 Å². The van der Waals surface area contributed by atoms with Crippen LogP contribution in [0.4, 0.5) is 21.5 Å². The fraction of sp³-hybridized carbons (Fsp3) is 0.538. The molecule has 0 saturated heterocycles. The maximum absolute atomic E-state index is 12.8. The minimum absolute atomic E-state index is 0.187. The summed E-state index contributed by atoms with van der Waals surface area (Å²) < 4.78 is 21.6. The molecule has 2 rings (SSSR count). The molecule has 13 nitrogen and oxygen atoms in total. The van der Waals surface area contributed by atoms with Crippen LogP contribution in [0, 0.1) is 11.8 Å². The Kier molecular flexibility index (Phi) is 13.6. The van der Waals surface area contributed by atoms with E-state index in [1.54, 1.807) is 25.1 Å². The van der Waals surface area contributed by atoms with Crippen molar-refractivity contribution >= 4 is 50.6 Å². The third kappa shape index (κ3) is 12.6. The number of benzene rings is 1. The van der Waals surface area contributed by atoms with Crippen molar-refractivity contribution in [2.24, 2.45) is 5.18 Å². The van der Waals surface area contributed by atoms with Crippen LogP contribution in [0.25, 0.3) is 0 Å². The standard InChI is InChI=1S/C26H37N5O8S/c1-17-24(31-35)40-25(28-17)30-23(34)20-7-6-19(16-21(20)29-18(2)32)27-9-11-37-13-15-38-14-12-36-10-8-22(33)39-26(3,4)5/h6-7,16,27H,8-15H2,1-5H3,(H,29,32)(H,28,30,34). The van der Waals surface area contributed by atoms with Crippen LogP contribution >= 0.6 is 11.3 Å². The lowest BCUT2D eigenvalue weighted by Crippen LogP contribution is -2.24. The molecule has 0 aliphatic rings. The van der Waals surface area contributed by atoms with Crippen molar-refractivity contribution in [3.8, 4) is 0 Å². The Morgan fingerprint density at radius 2 is 1.62 bits per heavy atom. The molecule has 0 aliphatic carbocycles. The number of nitrogens with zero attached hydrogens (tertiary/aromatic N) is 2. The van der Waals surface area contributed by atoms with Gasteiger partial charge < -0.3 is 29.6 Å². The zero-order valence-electron chi connectivity index (χ0n) is 23.5. The van der Waals surface area contributed by atoms with E-state index in [0.717, 1.165) is 11.3 Å². The molecule has 14 heteroatoms. The molecule has 1 aromatic heterocycles. The summed E-state index contributed by atoms with van der Waals surface area (Å²) in [5, 5.41) is 11.8. The van der Waals surface area contributed by atoms with Crippen molar-refractivity contribution in [1.29, 1.82) is 0 Å². The van der Waals surface area contributed by atoms with E-state index in [1.807, 2.05) is 20.8 Å². The van der Waals surface area contributed by atoms with Crippen LogP contribution < -0.4 is 16.0 Å². The van der Waals surface area contributed by atoms with Gasteiger partial charge in [-0.1, -0.05) is 11.3 Å². The first kappa shape index (κ1) is 32.8. The Labute approximate surface area is 237 Å². The third-order valence-corrected chi connectivity index (χ3v) is 5.79. The van der Waals surface area contributed by atoms with E-state index in [-0.39, 0.29) is 40.6 Å².